The van der Waals surface area contributed by atoms with Crippen LogP contribution in [0, 0.1) is 25.2 Å². The summed E-state index contributed by atoms with van der Waals surface area (Å²) in [6.45, 7) is 6.42. The molecule has 1 aliphatic heterocycles. The van der Waals surface area contributed by atoms with Crippen LogP contribution in [0.3, 0.4) is 0 Å². The fourth-order valence-electron chi connectivity index (χ4n) is 3.55. The molecule has 0 radical (unpaired) electrons. The molecule has 2 heterocycles. The largest absolute Gasteiger partial charge is 0.372 e. The van der Waals surface area contributed by atoms with Gasteiger partial charge >= 0.3 is 0 Å². The Morgan fingerprint density at radius 1 is 1.15 bits per heavy atom. The van der Waals surface area contributed by atoms with Crippen molar-refractivity contribution in [3.63, 3.8) is 0 Å². The zero-order valence-electron chi connectivity index (χ0n) is 15.2. The lowest BCUT2D eigenvalue weighted by atomic mass is 10.0. The van der Waals surface area contributed by atoms with E-state index < -0.39 is 0 Å². The molecule has 26 heavy (non-hydrogen) atoms. The second-order valence-corrected chi connectivity index (χ2v) is 7.01. The number of nitrogens with zero attached hydrogens (tertiary/aromatic N) is 3. The van der Waals surface area contributed by atoms with E-state index in [1.54, 1.807) is 0 Å². The van der Waals surface area contributed by atoms with Crippen molar-refractivity contribution in [1.82, 2.24) is 9.97 Å². The van der Waals surface area contributed by atoms with Crippen LogP contribution in [0.25, 0.3) is 22.7 Å². The van der Waals surface area contributed by atoms with Crippen molar-refractivity contribution in [1.29, 1.82) is 5.26 Å². The van der Waals surface area contributed by atoms with Crippen LogP contribution in [-0.4, -0.2) is 23.1 Å². The van der Waals surface area contributed by atoms with Crippen molar-refractivity contribution >= 4 is 28.4 Å². The number of rotatable bonds is 3. The predicted molar refractivity (Wildman–Crippen MR) is 107 cm³/mol. The number of allylic oxidation sites excluding steroid dienone is 1. The summed E-state index contributed by atoms with van der Waals surface area (Å²) in [4.78, 5) is 10.3. The number of imidazole rings is 1. The number of aromatic nitrogens is 2. The van der Waals surface area contributed by atoms with E-state index in [0.717, 1.165) is 29.7 Å². The van der Waals surface area contributed by atoms with E-state index in [9.17, 15) is 5.26 Å². The van der Waals surface area contributed by atoms with E-state index in [4.69, 9.17) is 0 Å². The highest BCUT2D eigenvalue weighted by Crippen LogP contribution is 2.26. The lowest BCUT2D eigenvalue weighted by Gasteiger charge is -2.18. The molecule has 3 aromatic rings. The molecule has 1 aromatic heterocycles. The molecule has 4 heteroatoms. The highest BCUT2D eigenvalue weighted by atomic mass is 15.1. The standard InChI is InChI=1S/C22H22N4/c1-15-5-8-20-21(11-15)25-22(24-20)18(14-23)13-17-6-7-19(12-16(17)2)26-9-3-4-10-26/h5-8,11-13H,3-4,9-10H2,1-2H3,(H,24,25)/b18-13-. The monoisotopic (exact) mass is 342 g/mol. The topological polar surface area (TPSA) is 55.7 Å². The van der Waals surface area contributed by atoms with E-state index in [1.807, 2.05) is 25.1 Å². The van der Waals surface area contributed by atoms with Crippen LogP contribution in [-0.2, 0) is 0 Å². The number of hydrogen-bond donors (Lipinski definition) is 1. The van der Waals surface area contributed by atoms with Gasteiger partial charge in [-0.25, -0.2) is 4.98 Å². The van der Waals surface area contributed by atoms with Crippen LogP contribution in [0.4, 0.5) is 5.69 Å². The fourth-order valence-corrected chi connectivity index (χ4v) is 3.55. The van der Waals surface area contributed by atoms with Gasteiger partial charge in [0.15, 0.2) is 0 Å². The number of hydrogen-bond acceptors (Lipinski definition) is 3. The van der Waals surface area contributed by atoms with Crippen molar-refractivity contribution in [3.8, 4) is 6.07 Å². The summed E-state index contributed by atoms with van der Waals surface area (Å²) < 4.78 is 0. The number of aromatic amines is 1. The van der Waals surface area contributed by atoms with E-state index in [0.29, 0.717) is 11.4 Å². The second kappa shape index (κ2) is 6.68. The third-order valence-corrected chi connectivity index (χ3v) is 5.04. The van der Waals surface area contributed by atoms with Gasteiger partial charge in [-0.1, -0.05) is 12.1 Å². The van der Waals surface area contributed by atoms with Crippen LogP contribution in [0.2, 0.25) is 0 Å². The zero-order chi connectivity index (χ0) is 18.1. The first-order valence-electron chi connectivity index (χ1n) is 9.08. The maximum absolute atomic E-state index is 9.65. The maximum atomic E-state index is 9.65. The summed E-state index contributed by atoms with van der Waals surface area (Å²) in [6, 6.07) is 14.8. The molecule has 0 saturated carbocycles. The first kappa shape index (κ1) is 16.4. The summed E-state index contributed by atoms with van der Waals surface area (Å²) in [7, 11) is 0. The Balaban J connectivity index is 1.69. The number of benzene rings is 2. The summed E-state index contributed by atoms with van der Waals surface area (Å²) in [6.07, 6.45) is 4.46. The lowest BCUT2D eigenvalue weighted by Crippen LogP contribution is -2.17. The molecule has 1 N–H and O–H groups in total. The van der Waals surface area contributed by atoms with Gasteiger partial charge in [-0.2, -0.15) is 5.26 Å². The Kier molecular flexibility index (Phi) is 4.22. The molecule has 4 rings (SSSR count). The van der Waals surface area contributed by atoms with Crippen LogP contribution in [0.5, 0.6) is 0 Å². The lowest BCUT2D eigenvalue weighted by molar-refractivity contribution is 0.949. The van der Waals surface area contributed by atoms with Gasteiger partial charge in [0, 0.05) is 18.8 Å². The maximum Gasteiger partial charge on any atom is 0.149 e. The molecule has 0 bridgehead atoms. The minimum absolute atomic E-state index is 0.552. The summed E-state index contributed by atoms with van der Waals surface area (Å²) in [5.74, 6) is 0.621. The highest BCUT2D eigenvalue weighted by Gasteiger charge is 2.13. The average molecular weight is 342 g/mol. The van der Waals surface area contributed by atoms with Crippen molar-refractivity contribution in [2.45, 2.75) is 26.7 Å². The normalized spacial score (nSPS) is 14.8. The highest BCUT2D eigenvalue weighted by molar-refractivity contribution is 5.91. The molecule has 0 atom stereocenters. The molecule has 130 valence electrons. The number of nitriles is 1. The third-order valence-electron chi connectivity index (χ3n) is 5.04. The average Bonchev–Trinajstić information content (AvgIpc) is 3.30. The molecular weight excluding hydrogens is 320 g/mol. The van der Waals surface area contributed by atoms with Gasteiger partial charge < -0.3 is 9.88 Å². The first-order valence-corrected chi connectivity index (χ1v) is 9.08. The number of fused-ring (bicyclic) bond motifs is 1. The van der Waals surface area contributed by atoms with Gasteiger partial charge in [0.1, 0.15) is 11.9 Å². The molecule has 0 spiro atoms. The van der Waals surface area contributed by atoms with Crippen LogP contribution in [0.15, 0.2) is 36.4 Å². The van der Waals surface area contributed by atoms with Crippen LogP contribution in [0.1, 0.15) is 35.4 Å². The summed E-state index contributed by atoms with van der Waals surface area (Å²) in [5.41, 5.74) is 7.07. The molecule has 0 unspecified atom stereocenters. The van der Waals surface area contributed by atoms with E-state index in [-0.39, 0.29) is 0 Å². The van der Waals surface area contributed by atoms with Gasteiger partial charge in [-0.05, 0) is 73.7 Å². The van der Waals surface area contributed by atoms with Crippen molar-refractivity contribution in [2.75, 3.05) is 18.0 Å². The molecule has 2 aromatic carbocycles. The SMILES string of the molecule is Cc1ccc2nc(/C(C#N)=C\c3ccc(N4CCCC4)cc3C)[nH]c2c1. The quantitative estimate of drug-likeness (QED) is 0.693. The van der Waals surface area contributed by atoms with E-state index >= 15 is 0 Å². The molecule has 1 saturated heterocycles. The van der Waals surface area contributed by atoms with Crippen molar-refractivity contribution < 1.29 is 0 Å². The van der Waals surface area contributed by atoms with Gasteiger partial charge in [-0.3, -0.25) is 0 Å². The molecule has 1 aliphatic rings. The minimum atomic E-state index is 0.552. The Hall–Kier alpha value is -3.06. The molecule has 0 aliphatic carbocycles. The Labute approximate surface area is 153 Å². The number of nitrogens with one attached hydrogen (secondary N) is 1. The third kappa shape index (κ3) is 3.09. The predicted octanol–water partition coefficient (Wildman–Crippen LogP) is 4.84. The number of anilines is 1. The Morgan fingerprint density at radius 2 is 1.96 bits per heavy atom. The van der Waals surface area contributed by atoms with E-state index in [1.165, 1.54) is 29.7 Å². The summed E-state index contributed by atoms with van der Waals surface area (Å²) >= 11 is 0. The van der Waals surface area contributed by atoms with Crippen LogP contribution >= 0.6 is 0 Å². The van der Waals surface area contributed by atoms with Crippen LogP contribution < -0.4 is 4.90 Å². The second-order valence-electron chi connectivity index (χ2n) is 7.01. The van der Waals surface area contributed by atoms with E-state index in [2.05, 4.69) is 52.1 Å². The van der Waals surface area contributed by atoms with Gasteiger partial charge in [0.25, 0.3) is 0 Å². The van der Waals surface area contributed by atoms with Crippen molar-refractivity contribution in [2.24, 2.45) is 0 Å². The van der Waals surface area contributed by atoms with Gasteiger partial charge in [0.2, 0.25) is 0 Å². The number of H-pyrrole nitrogens is 1. The smallest absolute Gasteiger partial charge is 0.149 e. The fraction of sp³-hybridized carbons (Fsp3) is 0.273. The Morgan fingerprint density at radius 3 is 2.69 bits per heavy atom. The summed E-state index contributed by atoms with van der Waals surface area (Å²) in [5, 5.41) is 9.65. The molecule has 4 nitrogen and oxygen atoms in total. The zero-order valence-corrected chi connectivity index (χ0v) is 15.2. The molecule has 0 amide bonds. The van der Waals surface area contributed by atoms with Crippen molar-refractivity contribution in [3.05, 3.63) is 58.9 Å². The van der Waals surface area contributed by atoms with Gasteiger partial charge in [0.05, 0.1) is 16.6 Å². The Bertz CT molecular complexity index is 1030. The number of aryl methyl sites for hydroxylation is 2. The first-order chi connectivity index (χ1) is 12.6. The van der Waals surface area contributed by atoms with Gasteiger partial charge in [-0.15, -0.1) is 0 Å². The molecular formula is C22H22N4. The minimum Gasteiger partial charge on any atom is -0.372 e. The molecule has 1 fully saturated rings.